The number of nitrogens with two attached hydrogens (primary N) is 1. The number of unbranched alkanes of at least 4 members (excludes halogenated alkanes) is 1. The monoisotopic (exact) mass is 616 g/mol. The first-order chi connectivity index (χ1) is 21.5. The Labute approximate surface area is 267 Å². The van der Waals surface area contributed by atoms with Crippen LogP contribution in [0.15, 0.2) is 42.5 Å². The maximum Gasteiger partial charge on any atom is 0.227 e. The molecule has 242 valence electrons. The van der Waals surface area contributed by atoms with E-state index in [2.05, 4.69) is 47.6 Å². The molecular weight excluding hydrogens is 568 g/mol. The Hall–Kier alpha value is -4.16. The smallest absolute Gasteiger partial charge is 0.227 e. The summed E-state index contributed by atoms with van der Waals surface area (Å²) >= 11 is 0. The molecule has 0 radical (unpaired) electrons. The van der Waals surface area contributed by atoms with E-state index in [4.69, 9.17) is 10.5 Å². The van der Waals surface area contributed by atoms with Crippen LogP contribution in [-0.4, -0.2) is 48.4 Å². The summed E-state index contributed by atoms with van der Waals surface area (Å²) in [4.78, 5) is 47.2. The molecule has 1 unspecified atom stereocenters. The van der Waals surface area contributed by atoms with E-state index in [9.17, 15) is 19.2 Å². The van der Waals surface area contributed by atoms with Crippen molar-refractivity contribution >= 4 is 29.8 Å². The number of benzene rings is 2. The Balaban J connectivity index is 0.000000302. The third kappa shape index (κ3) is 12.0. The van der Waals surface area contributed by atoms with Gasteiger partial charge in [-0.3, -0.25) is 19.2 Å². The average molecular weight is 617 g/mol. The van der Waals surface area contributed by atoms with Gasteiger partial charge in [-0.25, -0.2) is 0 Å². The highest BCUT2D eigenvalue weighted by Gasteiger charge is 2.33. The van der Waals surface area contributed by atoms with Crippen molar-refractivity contribution in [3.8, 4) is 11.8 Å². The third-order valence-corrected chi connectivity index (χ3v) is 7.54. The lowest BCUT2D eigenvalue weighted by molar-refractivity contribution is -0.122. The number of rotatable bonds is 12. The van der Waals surface area contributed by atoms with Gasteiger partial charge in [0.1, 0.15) is 0 Å². The second kappa shape index (κ2) is 17.4. The Morgan fingerprint density at radius 3 is 2.53 bits per heavy atom. The van der Waals surface area contributed by atoms with Crippen molar-refractivity contribution in [3.63, 3.8) is 0 Å². The van der Waals surface area contributed by atoms with Gasteiger partial charge in [-0.15, -0.1) is 0 Å². The minimum atomic E-state index is -0.405. The number of primary amides is 1. The summed E-state index contributed by atoms with van der Waals surface area (Å²) in [6, 6.07) is 14.3. The number of para-hydroxylation sites is 1. The molecule has 0 aliphatic carbocycles. The minimum Gasteiger partial charge on any atom is -0.375 e. The van der Waals surface area contributed by atoms with Crippen LogP contribution in [0.5, 0.6) is 0 Å². The van der Waals surface area contributed by atoms with E-state index in [0.29, 0.717) is 57.3 Å². The molecule has 0 saturated heterocycles. The van der Waals surface area contributed by atoms with Crippen LogP contribution in [0.2, 0.25) is 0 Å². The van der Waals surface area contributed by atoms with Gasteiger partial charge in [-0.2, -0.15) is 0 Å². The molecule has 2 aromatic rings. The van der Waals surface area contributed by atoms with E-state index in [-0.39, 0.29) is 23.9 Å². The predicted octanol–water partition coefficient (Wildman–Crippen LogP) is 4.32. The van der Waals surface area contributed by atoms with Crippen LogP contribution in [0.1, 0.15) is 94.9 Å². The van der Waals surface area contributed by atoms with Gasteiger partial charge >= 0.3 is 0 Å². The molecule has 4 N–H and O–H groups in total. The van der Waals surface area contributed by atoms with E-state index >= 15 is 0 Å². The molecule has 0 bridgehead atoms. The Kier molecular flexibility index (Phi) is 13.6. The Bertz CT molecular complexity index is 1370. The number of aryl methyl sites for hydroxylation is 1. The molecule has 45 heavy (non-hydrogen) atoms. The van der Waals surface area contributed by atoms with Crippen molar-refractivity contribution in [1.82, 2.24) is 10.6 Å². The van der Waals surface area contributed by atoms with Gasteiger partial charge in [0.05, 0.1) is 24.9 Å². The Morgan fingerprint density at radius 1 is 1.11 bits per heavy atom. The van der Waals surface area contributed by atoms with Crippen LogP contribution in [0.4, 0.5) is 5.69 Å². The van der Waals surface area contributed by atoms with Crippen LogP contribution >= 0.6 is 0 Å². The predicted molar refractivity (Wildman–Crippen MR) is 176 cm³/mol. The lowest BCUT2D eigenvalue weighted by Crippen LogP contribution is -2.40. The molecule has 2 aliphatic rings. The van der Waals surface area contributed by atoms with Crippen LogP contribution in [0.3, 0.4) is 0 Å². The zero-order valence-corrected chi connectivity index (χ0v) is 27.1. The molecule has 2 aliphatic heterocycles. The van der Waals surface area contributed by atoms with E-state index in [1.54, 1.807) is 0 Å². The number of hydrogen-bond acceptors (Lipinski definition) is 5. The van der Waals surface area contributed by atoms with Crippen molar-refractivity contribution in [2.24, 2.45) is 5.73 Å². The van der Waals surface area contributed by atoms with E-state index in [0.717, 1.165) is 36.8 Å². The van der Waals surface area contributed by atoms with E-state index in [1.807, 2.05) is 49.9 Å². The number of ether oxygens (including phenoxy) is 1. The number of nitrogens with zero attached hydrogens (tertiary/aromatic N) is 1. The molecule has 4 amide bonds. The zero-order valence-electron chi connectivity index (χ0n) is 27.1. The standard InChI is InChI=1S/C23H33N3O4.C13H15NO/c1-23(2,3)26-22(29)8-6-4-5-7-18-9-11-19(12-10-18)15-30-16-20(25-17-27)13-14-21(24)28;1-9-8-11-6-2-4-10-5-3-7-12(15)14(9)13(10)11/h9-12,17,20H,4,6,8,13-16H2,1-3H3,(H2,24,28)(H,25,27)(H,26,29);2,4,6,9H,3,5,7-8H2,1H3/t;9-/m.1/s1. The average Bonchev–Trinajstić information content (AvgIpc) is 3.22. The van der Waals surface area contributed by atoms with Crippen molar-refractivity contribution in [2.75, 3.05) is 11.5 Å². The first-order valence-electron chi connectivity index (χ1n) is 15.8. The second-order valence-electron chi connectivity index (χ2n) is 12.7. The summed E-state index contributed by atoms with van der Waals surface area (Å²) in [7, 11) is 0. The third-order valence-electron chi connectivity index (χ3n) is 7.54. The summed E-state index contributed by atoms with van der Waals surface area (Å²) in [5.41, 5.74) is 10.8. The van der Waals surface area contributed by atoms with Crippen molar-refractivity contribution in [3.05, 3.63) is 64.7 Å². The summed E-state index contributed by atoms with van der Waals surface area (Å²) < 4.78 is 5.63. The number of anilines is 1. The summed E-state index contributed by atoms with van der Waals surface area (Å²) in [6.45, 7) is 8.73. The van der Waals surface area contributed by atoms with Gasteiger partial charge in [0.15, 0.2) is 0 Å². The zero-order chi connectivity index (χ0) is 32.8. The van der Waals surface area contributed by atoms with Crippen LogP contribution in [0.25, 0.3) is 0 Å². The fraction of sp³-hybridized carbons (Fsp3) is 0.500. The topological polar surface area (TPSA) is 131 Å². The quantitative estimate of drug-likeness (QED) is 0.186. The molecule has 0 fully saturated rings. The van der Waals surface area contributed by atoms with Gasteiger partial charge in [0, 0.05) is 42.8 Å². The fourth-order valence-electron chi connectivity index (χ4n) is 5.48. The normalized spacial score (nSPS) is 15.8. The molecular formula is C36H48N4O5. The number of carbonyl (C=O) groups is 4. The van der Waals surface area contributed by atoms with Crippen molar-refractivity contribution in [2.45, 2.75) is 110 Å². The molecule has 0 saturated carbocycles. The summed E-state index contributed by atoms with van der Waals surface area (Å²) in [5.74, 6) is 6.15. The maximum absolute atomic E-state index is 12.0. The molecule has 0 aromatic heterocycles. The molecule has 9 nitrogen and oxygen atoms in total. The number of amides is 4. The summed E-state index contributed by atoms with van der Waals surface area (Å²) in [6.07, 6.45) is 6.89. The highest BCUT2D eigenvalue weighted by molar-refractivity contribution is 5.97. The van der Waals surface area contributed by atoms with Gasteiger partial charge in [-0.05, 0) is 88.6 Å². The highest BCUT2D eigenvalue weighted by atomic mass is 16.5. The van der Waals surface area contributed by atoms with Crippen LogP contribution < -0.4 is 21.3 Å². The first-order valence-corrected chi connectivity index (χ1v) is 15.8. The first kappa shape index (κ1) is 35.3. The number of nitrogens with one attached hydrogen (secondary N) is 2. The number of hydrogen-bond donors (Lipinski definition) is 3. The van der Waals surface area contributed by atoms with Gasteiger partial charge in [0.25, 0.3) is 0 Å². The molecule has 9 heteroatoms. The van der Waals surface area contributed by atoms with Crippen LogP contribution in [-0.2, 0) is 43.4 Å². The Morgan fingerprint density at radius 2 is 1.84 bits per heavy atom. The SMILES string of the molecule is CC(C)(C)NC(=O)CCCC#Cc1ccc(COCC(CCC(N)=O)NC=O)cc1.C[C@@H]1Cc2cccc3c2N1C(=O)CCC3. The van der Waals surface area contributed by atoms with Gasteiger partial charge in [-0.1, -0.05) is 42.2 Å². The largest absolute Gasteiger partial charge is 0.375 e. The molecule has 2 atom stereocenters. The van der Waals surface area contributed by atoms with Gasteiger partial charge in [0.2, 0.25) is 24.1 Å². The molecule has 0 spiro atoms. The van der Waals surface area contributed by atoms with Gasteiger partial charge < -0.3 is 26.0 Å². The minimum absolute atomic E-state index is 0.0499. The summed E-state index contributed by atoms with van der Waals surface area (Å²) in [5, 5.41) is 5.56. The second-order valence-corrected chi connectivity index (χ2v) is 12.7. The maximum atomic E-state index is 12.0. The highest BCUT2D eigenvalue weighted by Crippen LogP contribution is 2.38. The van der Waals surface area contributed by atoms with Crippen molar-refractivity contribution in [1.29, 1.82) is 0 Å². The fourth-order valence-corrected chi connectivity index (χ4v) is 5.48. The molecule has 4 rings (SSSR count). The molecule has 2 heterocycles. The van der Waals surface area contributed by atoms with Crippen LogP contribution in [0, 0.1) is 11.8 Å². The molecule has 2 aromatic carbocycles. The van der Waals surface area contributed by atoms with E-state index < -0.39 is 5.91 Å². The van der Waals surface area contributed by atoms with E-state index in [1.165, 1.54) is 16.8 Å². The lowest BCUT2D eigenvalue weighted by Gasteiger charge is -2.22. The lowest BCUT2D eigenvalue weighted by atomic mass is 10.0. The van der Waals surface area contributed by atoms with Crippen molar-refractivity contribution < 1.29 is 23.9 Å². The number of carbonyl (C=O) groups excluding carboxylic acids is 4.